The standard InChI is InChI=1S/C25H31N7O/c1-17-8-11-20(12-9-17)32-24(27)21(15-26)22(31-32)6-5-13-29-25(28-3)30-16-19-10-7-18(2)14-23(19)33-4/h7-12,14H,5-6,13,16,27H2,1-4H3,(H2,28,29,30). The molecule has 0 spiro atoms. The van der Waals surface area contributed by atoms with Gasteiger partial charge in [0.15, 0.2) is 5.96 Å². The normalized spacial score (nSPS) is 11.2. The maximum atomic E-state index is 9.59. The molecule has 1 aromatic heterocycles. The predicted molar refractivity (Wildman–Crippen MR) is 132 cm³/mol. The zero-order valence-electron chi connectivity index (χ0n) is 19.6. The number of nitrogens with zero attached hydrogens (tertiary/aromatic N) is 4. The lowest BCUT2D eigenvalue weighted by Gasteiger charge is -2.14. The zero-order valence-corrected chi connectivity index (χ0v) is 19.6. The molecule has 33 heavy (non-hydrogen) atoms. The fourth-order valence-corrected chi connectivity index (χ4v) is 3.52. The van der Waals surface area contributed by atoms with Crippen LogP contribution in [0.1, 0.15) is 34.4 Å². The lowest BCUT2D eigenvalue weighted by molar-refractivity contribution is 0.408. The number of aryl methyl sites for hydroxylation is 3. The van der Waals surface area contributed by atoms with E-state index < -0.39 is 0 Å². The van der Waals surface area contributed by atoms with Crippen molar-refractivity contribution in [1.82, 2.24) is 20.4 Å². The molecule has 0 saturated carbocycles. The molecule has 0 aliphatic carbocycles. The van der Waals surface area contributed by atoms with Crippen molar-refractivity contribution in [3.05, 3.63) is 70.4 Å². The fourth-order valence-electron chi connectivity index (χ4n) is 3.52. The highest BCUT2D eigenvalue weighted by Gasteiger charge is 2.16. The minimum Gasteiger partial charge on any atom is -0.496 e. The van der Waals surface area contributed by atoms with Crippen molar-refractivity contribution in [3.8, 4) is 17.5 Å². The average molecular weight is 446 g/mol. The second kappa shape index (κ2) is 11.0. The maximum absolute atomic E-state index is 9.59. The van der Waals surface area contributed by atoms with Gasteiger partial charge in [-0.2, -0.15) is 10.4 Å². The summed E-state index contributed by atoms with van der Waals surface area (Å²) in [6, 6.07) is 16.2. The summed E-state index contributed by atoms with van der Waals surface area (Å²) >= 11 is 0. The van der Waals surface area contributed by atoms with E-state index in [9.17, 15) is 5.26 Å². The summed E-state index contributed by atoms with van der Waals surface area (Å²) in [6.45, 7) is 5.33. The number of nitrogens with two attached hydrogens (primary N) is 1. The molecule has 3 aromatic rings. The van der Waals surface area contributed by atoms with Crippen molar-refractivity contribution in [2.75, 3.05) is 26.4 Å². The number of methoxy groups -OCH3 is 1. The van der Waals surface area contributed by atoms with Crippen molar-refractivity contribution in [2.45, 2.75) is 33.2 Å². The van der Waals surface area contributed by atoms with Gasteiger partial charge in [0.1, 0.15) is 23.2 Å². The van der Waals surface area contributed by atoms with Gasteiger partial charge in [0.25, 0.3) is 0 Å². The SMILES string of the molecule is CN=C(NCCCc1nn(-c2ccc(C)cc2)c(N)c1C#N)NCc1ccc(C)cc1OC. The van der Waals surface area contributed by atoms with E-state index in [1.54, 1.807) is 18.8 Å². The lowest BCUT2D eigenvalue weighted by atomic mass is 10.1. The maximum Gasteiger partial charge on any atom is 0.191 e. The first-order valence-corrected chi connectivity index (χ1v) is 10.9. The molecule has 3 rings (SSSR count). The largest absolute Gasteiger partial charge is 0.496 e. The summed E-state index contributed by atoms with van der Waals surface area (Å²) in [5.74, 6) is 1.92. The van der Waals surface area contributed by atoms with E-state index in [1.807, 2.05) is 50.2 Å². The third kappa shape index (κ3) is 5.83. The Kier molecular flexibility index (Phi) is 7.92. The van der Waals surface area contributed by atoms with E-state index in [0.29, 0.717) is 42.5 Å². The second-order valence-electron chi connectivity index (χ2n) is 7.84. The molecule has 4 N–H and O–H groups in total. The first-order chi connectivity index (χ1) is 16.0. The number of hydrogen-bond acceptors (Lipinski definition) is 5. The van der Waals surface area contributed by atoms with Crippen LogP contribution in [0.2, 0.25) is 0 Å². The van der Waals surface area contributed by atoms with Gasteiger partial charge in [-0.15, -0.1) is 0 Å². The number of hydrogen-bond donors (Lipinski definition) is 3. The Balaban J connectivity index is 1.56. The van der Waals surface area contributed by atoms with Gasteiger partial charge in [0, 0.05) is 25.7 Å². The predicted octanol–water partition coefficient (Wildman–Crippen LogP) is 3.25. The summed E-state index contributed by atoms with van der Waals surface area (Å²) in [5, 5.41) is 20.8. The molecule has 0 amide bonds. The number of aromatic nitrogens is 2. The van der Waals surface area contributed by atoms with Crippen LogP contribution in [-0.4, -0.2) is 36.4 Å². The monoisotopic (exact) mass is 445 g/mol. The molecule has 1 heterocycles. The number of benzene rings is 2. The van der Waals surface area contributed by atoms with E-state index in [4.69, 9.17) is 10.5 Å². The Morgan fingerprint density at radius 1 is 1.15 bits per heavy atom. The first-order valence-electron chi connectivity index (χ1n) is 10.9. The number of aliphatic imine (C=N–C) groups is 1. The Labute approximate surface area is 195 Å². The van der Waals surface area contributed by atoms with Crippen LogP contribution in [0.5, 0.6) is 5.75 Å². The molecule has 0 unspecified atom stereocenters. The van der Waals surface area contributed by atoms with Crippen LogP contribution in [0.25, 0.3) is 5.69 Å². The number of nitrogens with one attached hydrogen (secondary N) is 2. The van der Waals surface area contributed by atoms with E-state index in [0.717, 1.165) is 34.5 Å². The Bertz CT molecular complexity index is 1160. The summed E-state index contributed by atoms with van der Waals surface area (Å²) in [5.41, 5.74) is 11.5. The molecule has 8 nitrogen and oxygen atoms in total. The van der Waals surface area contributed by atoms with Crippen molar-refractivity contribution in [3.63, 3.8) is 0 Å². The van der Waals surface area contributed by atoms with Crippen LogP contribution in [-0.2, 0) is 13.0 Å². The van der Waals surface area contributed by atoms with Crippen molar-refractivity contribution in [2.24, 2.45) is 4.99 Å². The number of anilines is 1. The molecule has 0 fully saturated rings. The van der Waals surface area contributed by atoms with Crippen LogP contribution < -0.4 is 21.1 Å². The third-order valence-electron chi connectivity index (χ3n) is 5.38. The molecular formula is C25H31N7O. The van der Waals surface area contributed by atoms with Crippen LogP contribution in [0, 0.1) is 25.2 Å². The van der Waals surface area contributed by atoms with Crippen molar-refractivity contribution < 1.29 is 4.74 Å². The molecule has 8 heteroatoms. The summed E-state index contributed by atoms with van der Waals surface area (Å²) < 4.78 is 7.10. The van der Waals surface area contributed by atoms with Gasteiger partial charge >= 0.3 is 0 Å². The Morgan fingerprint density at radius 2 is 1.88 bits per heavy atom. The third-order valence-corrected chi connectivity index (χ3v) is 5.38. The van der Waals surface area contributed by atoms with Crippen molar-refractivity contribution in [1.29, 1.82) is 5.26 Å². The summed E-state index contributed by atoms with van der Waals surface area (Å²) in [6.07, 6.45) is 1.40. The quantitative estimate of drug-likeness (QED) is 0.279. The zero-order chi connectivity index (χ0) is 23.8. The van der Waals surface area contributed by atoms with Gasteiger partial charge in [-0.1, -0.05) is 29.8 Å². The van der Waals surface area contributed by atoms with E-state index >= 15 is 0 Å². The number of nitriles is 1. The van der Waals surface area contributed by atoms with E-state index in [-0.39, 0.29) is 0 Å². The molecule has 172 valence electrons. The summed E-state index contributed by atoms with van der Waals surface area (Å²) in [4.78, 5) is 4.28. The van der Waals surface area contributed by atoms with E-state index in [1.165, 1.54) is 0 Å². The molecule has 0 aliphatic rings. The lowest BCUT2D eigenvalue weighted by Crippen LogP contribution is -2.37. The number of nitrogen functional groups attached to an aromatic ring is 1. The Hall–Kier alpha value is -3.99. The topological polar surface area (TPSA) is 113 Å². The second-order valence-corrected chi connectivity index (χ2v) is 7.84. The number of guanidine groups is 1. The molecule has 0 radical (unpaired) electrons. The minimum atomic E-state index is 0.369. The van der Waals surface area contributed by atoms with Crippen molar-refractivity contribution >= 4 is 11.8 Å². The van der Waals surface area contributed by atoms with E-state index in [2.05, 4.69) is 32.9 Å². The van der Waals surface area contributed by atoms with Gasteiger partial charge in [-0.05, 0) is 50.5 Å². The van der Waals surface area contributed by atoms with Gasteiger partial charge in [-0.25, -0.2) is 4.68 Å². The first kappa shape index (κ1) is 23.7. The van der Waals surface area contributed by atoms with Gasteiger partial charge in [0.2, 0.25) is 0 Å². The number of rotatable bonds is 8. The van der Waals surface area contributed by atoms with Crippen LogP contribution in [0.4, 0.5) is 5.82 Å². The molecule has 0 bridgehead atoms. The minimum absolute atomic E-state index is 0.369. The molecule has 0 atom stereocenters. The van der Waals surface area contributed by atoms with Gasteiger partial charge in [-0.3, -0.25) is 4.99 Å². The molecular weight excluding hydrogens is 414 g/mol. The summed E-state index contributed by atoms with van der Waals surface area (Å²) in [7, 11) is 3.41. The Morgan fingerprint density at radius 3 is 2.55 bits per heavy atom. The highest BCUT2D eigenvalue weighted by atomic mass is 16.5. The van der Waals surface area contributed by atoms with Crippen LogP contribution >= 0.6 is 0 Å². The smallest absolute Gasteiger partial charge is 0.191 e. The van der Waals surface area contributed by atoms with Gasteiger partial charge in [0.05, 0.1) is 18.5 Å². The molecule has 2 aromatic carbocycles. The van der Waals surface area contributed by atoms with Gasteiger partial charge < -0.3 is 21.1 Å². The molecule has 0 aliphatic heterocycles. The highest BCUT2D eigenvalue weighted by molar-refractivity contribution is 5.79. The average Bonchev–Trinajstić information content (AvgIpc) is 3.14. The van der Waals surface area contributed by atoms with Crippen LogP contribution in [0.3, 0.4) is 0 Å². The van der Waals surface area contributed by atoms with Crippen LogP contribution in [0.15, 0.2) is 47.5 Å². The number of ether oxygens (including phenoxy) is 1. The highest BCUT2D eigenvalue weighted by Crippen LogP contribution is 2.22. The fraction of sp³-hybridized carbons (Fsp3) is 0.320. The molecule has 0 saturated heterocycles.